The summed E-state index contributed by atoms with van der Waals surface area (Å²) in [6, 6.07) is 0. The molecule has 0 aliphatic carbocycles. The largest absolute Gasteiger partial charge is 0.301 e. The SMILES string of the molecule is CCCCNS(=O)(=O)NO. The molecule has 0 aromatic heterocycles. The van der Waals surface area contributed by atoms with E-state index in [1.54, 1.807) is 0 Å². The van der Waals surface area contributed by atoms with Gasteiger partial charge in [-0.15, -0.1) is 0 Å². The molecule has 0 aromatic carbocycles. The summed E-state index contributed by atoms with van der Waals surface area (Å²) in [6.45, 7) is 2.30. The first-order valence-electron chi connectivity index (χ1n) is 3.03. The summed E-state index contributed by atoms with van der Waals surface area (Å²) in [5.74, 6) is 0. The Morgan fingerprint density at radius 1 is 1.50 bits per heavy atom. The third-order valence-corrected chi connectivity index (χ3v) is 1.77. The molecule has 0 aromatic rings. The molecule has 6 heteroatoms. The van der Waals surface area contributed by atoms with Crippen LogP contribution in [0, 0.1) is 0 Å². The average Bonchev–Trinajstić information content (AvgIpc) is 1.89. The summed E-state index contributed by atoms with van der Waals surface area (Å²) < 4.78 is 22.9. The van der Waals surface area contributed by atoms with Crippen LogP contribution in [0.15, 0.2) is 0 Å². The number of nitrogens with one attached hydrogen (secondary N) is 2. The molecule has 62 valence electrons. The quantitative estimate of drug-likeness (QED) is 0.386. The van der Waals surface area contributed by atoms with Crippen LogP contribution in [0.5, 0.6) is 0 Å². The third kappa shape index (κ3) is 4.68. The summed E-state index contributed by atoms with van der Waals surface area (Å²) in [6.07, 6.45) is 1.68. The van der Waals surface area contributed by atoms with Gasteiger partial charge in [0.05, 0.1) is 0 Å². The maximum absolute atomic E-state index is 10.4. The maximum Gasteiger partial charge on any atom is 0.298 e. The zero-order chi connectivity index (χ0) is 8.04. The van der Waals surface area contributed by atoms with E-state index in [4.69, 9.17) is 5.21 Å². The molecule has 10 heavy (non-hydrogen) atoms. The highest BCUT2D eigenvalue weighted by molar-refractivity contribution is 7.87. The van der Waals surface area contributed by atoms with E-state index in [1.165, 1.54) is 0 Å². The molecule has 3 N–H and O–H groups in total. The number of hydrogen-bond donors (Lipinski definition) is 3. The van der Waals surface area contributed by atoms with Gasteiger partial charge in [-0.25, -0.2) is 4.72 Å². The minimum Gasteiger partial charge on any atom is -0.301 e. The Balaban J connectivity index is 3.49. The first-order chi connectivity index (χ1) is 4.62. The minimum absolute atomic E-state index is 0.354. The highest BCUT2D eigenvalue weighted by Gasteiger charge is 2.03. The van der Waals surface area contributed by atoms with Gasteiger partial charge in [0, 0.05) is 6.54 Å². The second-order valence-corrected chi connectivity index (χ2v) is 3.32. The van der Waals surface area contributed by atoms with E-state index in [9.17, 15) is 8.42 Å². The van der Waals surface area contributed by atoms with Gasteiger partial charge in [-0.3, -0.25) is 0 Å². The summed E-state index contributed by atoms with van der Waals surface area (Å²) in [5.41, 5.74) is 0. The van der Waals surface area contributed by atoms with Gasteiger partial charge in [-0.1, -0.05) is 18.2 Å². The average molecular weight is 168 g/mol. The predicted octanol–water partition coefficient (Wildman–Crippen LogP) is -0.400. The molecule has 0 atom stereocenters. The van der Waals surface area contributed by atoms with Crippen LogP contribution in [0.3, 0.4) is 0 Å². The Labute approximate surface area is 60.6 Å². The van der Waals surface area contributed by atoms with Gasteiger partial charge in [0.1, 0.15) is 0 Å². The summed E-state index contributed by atoms with van der Waals surface area (Å²) in [7, 11) is -3.64. The van der Waals surface area contributed by atoms with E-state index >= 15 is 0 Å². The van der Waals surface area contributed by atoms with Gasteiger partial charge in [0.2, 0.25) is 0 Å². The second kappa shape index (κ2) is 4.62. The van der Waals surface area contributed by atoms with E-state index in [-0.39, 0.29) is 0 Å². The molecule has 0 aliphatic heterocycles. The number of rotatable bonds is 5. The molecule has 0 rings (SSSR count). The summed E-state index contributed by atoms with van der Waals surface area (Å²) in [5, 5.41) is 7.99. The van der Waals surface area contributed by atoms with Crippen LogP contribution < -0.4 is 9.61 Å². The molecule has 0 bridgehead atoms. The molecule has 0 radical (unpaired) electrons. The van der Waals surface area contributed by atoms with Crippen LogP contribution in [-0.2, 0) is 10.2 Å². The fraction of sp³-hybridized carbons (Fsp3) is 1.00. The number of hydrogen-bond acceptors (Lipinski definition) is 3. The topological polar surface area (TPSA) is 78.4 Å². The maximum atomic E-state index is 10.4. The number of unbranched alkanes of at least 4 members (excludes halogenated alkanes) is 1. The molecule has 0 saturated heterocycles. The van der Waals surface area contributed by atoms with Crippen molar-refractivity contribution in [1.82, 2.24) is 9.61 Å². The lowest BCUT2D eigenvalue weighted by Gasteiger charge is -2.01. The predicted molar refractivity (Wildman–Crippen MR) is 36.8 cm³/mol. The Morgan fingerprint density at radius 2 is 2.10 bits per heavy atom. The fourth-order valence-electron chi connectivity index (χ4n) is 0.416. The van der Waals surface area contributed by atoms with Gasteiger partial charge in [-0.05, 0) is 6.42 Å². The Bertz CT molecular complexity index is 165. The lowest BCUT2D eigenvalue weighted by Crippen LogP contribution is -2.34. The molecule has 0 saturated carbocycles. The summed E-state index contributed by atoms with van der Waals surface area (Å²) in [4.78, 5) is 1.16. The first-order valence-corrected chi connectivity index (χ1v) is 4.51. The van der Waals surface area contributed by atoms with Crippen molar-refractivity contribution in [3.63, 3.8) is 0 Å². The van der Waals surface area contributed by atoms with Crippen molar-refractivity contribution in [2.45, 2.75) is 19.8 Å². The van der Waals surface area contributed by atoms with Crippen molar-refractivity contribution in [2.24, 2.45) is 0 Å². The monoisotopic (exact) mass is 168 g/mol. The van der Waals surface area contributed by atoms with Crippen LogP contribution in [0.2, 0.25) is 0 Å². The van der Waals surface area contributed by atoms with E-state index < -0.39 is 10.2 Å². The molecule has 0 spiro atoms. The van der Waals surface area contributed by atoms with E-state index in [2.05, 4.69) is 4.72 Å². The summed E-state index contributed by atoms with van der Waals surface area (Å²) >= 11 is 0. The zero-order valence-corrected chi connectivity index (χ0v) is 6.61. The molecule has 0 amide bonds. The second-order valence-electron chi connectivity index (χ2n) is 1.84. The van der Waals surface area contributed by atoms with Gasteiger partial charge in [0.25, 0.3) is 10.2 Å². The highest BCUT2D eigenvalue weighted by Crippen LogP contribution is 1.83. The van der Waals surface area contributed by atoms with Crippen molar-refractivity contribution in [1.29, 1.82) is 0 Å². The molecule has 0 fully saturated rings. The minimum atomic E-state index is -3.64. The smallest absolute Gasteiger partial charge is 0.298 e. The zero-order valence-electron chi connectivity index (χ0n) is 5.79. The van der Waals surface area contributed by atoms with Gasteiger partial charge < -0.3 is 5.21 Å². The van der Waals surface area contributed by atoms with Crippen molar-refractivity contribution >= 4 is 10.2 Å². The van der Waals surface area contributed by atoms with Crippen LogP contribution in [-0.4, -0.2) is 20.2 Å². The normalized spacial score (nSPS) is 11.8. The fourth-order valence-corrected chi connectivity index (χ4v) is 0.893. The van der Waals surface area contributed by atoms with Crippen molar-refractivity contribution in [3.8, 4) is 0 Å². The third-order valence-electron chi connectivity index (χ3n) is 0.943. The van der Waals surface area contributed by atoms with Crippen LogP contribution in [0.25, 0.3) is 0 Å². The molecule has 0 heterocycles. The van der Waals surface area contributed by atoms with E-state index in [0.29, 0.717) is 6.54 Å². The Morgan fingerprint density at radius 3 is 2.50 bits per heavy atom. The highest BCUT2D eigenvalue weighted by atomic mass is 32.2. The van der Waals surface area contributed by atoms with Gasteiger partial charge in [-0.2, -0.15) is 8.42 Å². The molecular weight excluding hydrogens is 156 g/mol. The standard InChI is InChI=1S/C4H12N2O3S/c1-2-3-4-5-10(8,9)6-7/h5-7H,2-4H2,1H3. The van der Waals surface area contributed by atoms with E-state index in [0.717, 1.165) is 17.7 Å². The Hall–Kier alpha value is -0.170. The first kappa shape index (κ1) is 9.83. The van der Waals surface area contributed by atoms with Crippen molar-refractivity contribution < 1.29 is 13.6 Å². The lowest BCUT2D eigenvalue weighted by atomic mass is 10.3. The van der Waals surface area contributed by atoms with Crippen LogP contribution >= 0.6 is 0 Å². The Kier molecular flexibility index (Phi) is 4.54. The van der Waals surface area contributed by atoms with Crippen LogP contribution in [0.1, 0.15) is 19.8 Å². The molecule has 0 unspecified atom stereocenters. The molecule has 5 nitrogen and oxygen atoms in total. The lowest BCUT2D eigenvalue weighted by molar-refractivity contribution is 0.240. The van der Waals surface area contributed by atoms with Crippen molar-refractivity contribution in [3.05, 3.63) is 0 Å². The molecular formula is C4H12N2O3S. The van der Waals surface area contributed by atoms with Crippen LogP contribution in [0.4, 0.5) is 0 Å². The van der Waals surface area contributed by atoms with E-state index in [1.807, 2.05) is 6.92 Å². The van der Waals surface area contributed by atoms with Crippen molar-refractivity contribution in [2.75, 3.05) is 6.54 Å². The van der Waals surface area contributed by atoms with Gasteiger partial charge in [0.15, 0.2) is 0 Å². The molecule has 0 aliphatic rings. The van der Waals surface area contributed by atoms with Gasteiger partial charge >= 0.3 is 0 Å².